The molecule has 1 saturated heterocycles. The van der Waals surface area contributed by atoms with Gasteiger partial charge in [-0.15, -0.1) is 5.10 Å². The van der Waals surface area contributed by atoms with Gasteiger partial charge in [0.05, 0.1) is 13.0 Å². The maximum absolute atomic E-state index is 12.5. The summed E-state index contributed by atoms with van der Waals surface area (Å²) in [5.41, 5.74) is 1.88. The standard InChI is InChI=1S/C22H22N4O5/c1-14-3-7-18(8-4-14)30-13-19(27)23-22-25-24-21(31-22)15-11-20(28)26(12-15)16-5-9-17(29-2)10-6-16/h3-10,15H,11-13H2,1-2H3,(H,23,25,27)/t15-/m0/s1. The van der Waals surface area contributed by atoms with Gasteiger partial charge in [0.1, 0.15) is 11.5 Å². The molecule has 0 saturated carbocycles. The zero-order chi connectivity index (χ0) is 21.8. The van der Waals surface area contributed by atoms with Crippen LogP contribution in [0.2, 0.25) is 0 Å². The lowest BCUT2D eigenvalue weighted by molar-refractivity contribution is -0.118. The lowest BCUT2D eigenvalue weighted by Gasteiger charge is -2.16. The molecule has 9 heteroatoms. The van der Waals surface area contributed by atoms with Crippen LogP contribution in [0.4, 0.5) is 11.7 Å². The Morgan fingerprint density at radius 2 is 1.84 bits per heavy atom. The van der Waals surface area contributed by atoms with E-state index in [4.69, 9.17) is 13.9 Å². The average Bonchev–Trinajstić information content (AvgIpc) is 3.40. The molecule has 4 rings (SSSR count). The van der Waals surface area contributed by atoms with Gasteiger partial charge >= 0.3 is 6.01 Å². The number of ether oxygens (including phenoxy) is 2. The van der Waals surface area contributed by atoms with Gasteiger partial charge in [-0.3, -0.25) is 14.9 Å². The van der Waals surface area contributed by atoms with Gasteiger partial charge in [0.2, 0.25) is 11.8 Å². The van der Waals surface area contributed by atoms with Crippen LogP contribution in [-0.2, 0) is 9.59 Å². The number of hydrogen-bond donors (Lipinski definition) is 1. The highest BCUT2D eigenvalue weighted by atomic mass is 16.5. The van der Waals surface area contributed by atoms with Crippen molar-refractivity contribution in [2.75, 3.05) is 30.5 Å². The van der Waals surface area contributed by atoms with E-state index in [2.05, 4.69) is 15.5 Å². The van der Waals surface area contributed by atoms with E-state index in [1.807, 2.05) is 31.2 Å². The molecule has 1 atom stereocenters. The molecule has 1 aliphatic heterocycles. The van der Waals surface area contributed by atoms with Gasteiger partial charge in [-0.05, 0) is 43.3 Å². The number of nitrogens with one attached hydrogen (secondary N) is 1. The Hall–Kier alpha value is -3.88. The summed E-state index contributed by atoms with van der Waals surface area (Å²) < 4.78 is 16.1. The van der Waals surface area contributed by atoms with Crippen LogP contribution in [-0.4, -0.2) is 42.3 Å². The predicted octanol–water partition coefficient (Wildman–Crippen LogP) is 2.92. The minimum Gasteiger partial charge on any atom is -0.497 e. The Labute approximate surface area is 179 Å². The summed E-state index contributed by atoms with van der Waals surface area (Å²) >= 11 is 0. The first-order chi connectivity index (χ1) is 15.0. The molecule has 1 aromatic heterocycles. The fourth-order valence-corrected chi connectivity index (χ4v) is 3.27. The summed E-state index contributed by atoms with van der Waals surface area (Å²) in [5.74, 6) is 0.907. The van der Waals surface area contributed by atoms with E-state index in [-0.39, 0.29) is 30.9 Å². The second kappa shape index (κ2) is 8.86. The molecule has 1 aliphatic rings. The third-order valence-electron chi connectivity index (χ3n) is 4.94. The number of aryl methyl sites for hydroxylation is 1. The summed E-state index contributed by atoms with van der Waals surface area (Å²) in [6.45, 7) is 2.20. The van der Waals surface area contributed by atoms with E-state index in [1.54, 1.807) is 36.3 Å². The number of methoxy groups -OCH3 is 1. The Morgan fingerprint density at radius 1 is 1.13 bits per heavy atom. The fraction of sp³-hybridized carbons (Fsp3) is 0.273. The van der Waals surface area contributed by atoms with Crippen molar-refractivity contribution in [1.29, 1.82) is 0 Å². The number of nitrogens with zero attached hydrogens (tertiary/aromatic N) is 3. The maximum Gasteiger partial charge on any atom is 0.322 e. The van der Waals surface area contributed by atoms with E-state index in [0.29, 0.717) is 18.2 Å². The Bertz CT molecular complexity index is 1060. The van der Waals surface area contributed by atoms with Crippen molar-refractivity contribution in [3.8, 4) is 11.5 Å². The van der Waals surface area contributed by atoms with Crippen LogP contribution in [0, 0.1) is 6.92 Å². The number of benzene rings is 2. The Morgan fingerprint density at radius 3 is 2.55 bits per heavy atom. The molecule has 0 unspecified atom stereocenters. The quantitative estimate of drug-likeness (QED) is 0.624. The summed E-state index contributed by atoms with van der Waals surface area (Å²) in [6, 6.07) is 14.6. The van der Waals surface area contributed by atoms with E-state index < -0.39 is 5.91 Å². The van der Waals surface area contributed by atoms with Crippen molar-refractivity contribution in [1.82, 2.24) is 10.2 Å². The van der Waals surface area contributed by atoms with E-state index in [9.17, 15) is 9.59 Å². The minimum absolute atomic E-state index is 0.0251. The molecule has 1 N–H and O–H groups in total. The van der Waals surface area contributed by atoms with Crippen LogP contribution in [0.5, 0.6) is 11.5 Å². The van der Waals surface area contributed by atoms with Crippen molar-refractivity contribution in [3.63, 3.8) is 0 Å². The van der Waals surface area contributed by atoms with Gasteiger partial charge in [-0.25, -0.2) is 0 Å². The molecule has 2 aromatic carbocycles. The summed E-state index contributed by atoms with van der Waals surface area (Å²) in [7, 11) is 1.59. The highest BCUT2D eigenvalue weighted by molar-refractivity contribution is 5.96. The second-order valence-electron chi connectivity index (χ2n) is 7.20. The molecular formula is C22H22N4O5. The number of rotatable bonds is 7. The molecule has 0 radical (unpaired) electrons. The van der Waals surface area contributed by atoms with E-state index in [0.717, 1.165) is 17.0 Å². The van der Waals surface area contributed by atoms with Gasteiger partial charge in [0.25, 0.3) is 5.91 Å². The molecule has 160 valence electrons. The fourth-order valence-electron chi connectivity index (χ4n) is 3.27. The van der Waals surface area contributed by atoms with Gasteiger partial charge < -0.3 is 18.8 Å². The van der Waals surface area contributed by atoms with Gasteiger partial charge in [0.15, 0.2) is 6.61 Å². The molecule has 2 heterocycles. The first-order valence-electron chi connectivity index (χ1n) is 9.79. The first kappa shape index (κ1) is 20.4. The molecule has 1 fully saturated rings. The van der Waals surface area contributed by atoms with E-state index >= 15 is 0 Å². The number of anilines is 2. The van der Waals surface area contributed by atoms with Crippen molar-refractivity contribution in [2.45, 2.75) is 19.3 Å². The topological polar surface area (TPSA) is 107 Å². The summed E-state index contributed by atoms with van der Waals surface area (Å²) in [6.07, 6.45) is 0.248. The number of hydrogen-bond acceptors (Lipinski definition) is 7. The van der Waals surface area contributed by atoms with Crippen LogP contribution in [0.25, 0.3) is 0 Å². The van der Waals surface area contributed by atoms with Crippen molar-refractivity contribution >= 4 is 23.5 Å². The van der Waals surface area contributed by atoms with Gasteiger partial charge in [-0.2, -0.15) is 0 Å². The zero-order valence-electron chi connectivity index (χ0n) is 17.2. The largest absolute Gasteiger partial charge is 0.497 e. The summed E-state index contributed by atoms with van der Waals surface area (Å²) in [5, 5.41) is 10.4. The molecular weight excluding hydrogens is 400 g/mol. The van der Waals surface area contributed by atoms with Crippen molar-refractivity contribution in [2.24, 2.45) is 0 Å². The highest BCUT2D eigenvalue weighted by Gasteiger charge is 2.35. The Kier molecular flexibility index (Phi) is 5.83. The van der Waals surface area contributed by atoms with Crippen LogP contribution in [0.1, 0.15) is 23.8 Å². The third-order valence-corrected chi connectivity index (χ3v) is 4.94. The Balaban J connectivity index is 1.33. The molecule has 0 spiro atoms. The molecule has 3 aromatic rings. The monoisotopic (exact) mass is 422 g/mol. The van der Waals surface area contributed by atoms with Crippen LogP contribution < -0.4 is 19.7 Å². The predicted molar refractivity (Wildman–Crippen MR) is 112 cm³/mol. The normalized spacial score (nSPS) is 15.7. The summed E-state index contributed by atoms with van der Waals surface area (Å²) in [4.78, 5) is 26.2. The van der Waals surface area contributed by atoms with Crippen LogP contribution in [0.15, 0.2) is 52.9 Å². The average molecular weight is 422 g/mol. The molecule has 2 amide bonds. The van der Waals surface area contributed by atoms with Crippen LogP contribution in [0.3, 0.4) is 0 Å². The number of amides is 2. The second-order valence-corrected chi connectivity index (χ2v) is 7.20. The highest BCUT2D eigenvalue weighted by Crippen LogP contribution is 2.32. The maximum atomic E-state index is 12.5. The smallest absolute Gasteiger partial charge is 0.322 e. The third kappa shape index (κ3) is 4.82. The van der Waals surface area contributed by atoms with Crippen molar-refractivity contribution < 1.29 is 23.5 Å². The molecule has 9 nitrogen and oxygen atoms in total. The van der Waals surface area contributed by atoms with Crippen molar-refractivity contribution in [3.05, 3.63) is 60.0 Å². The molecule has 0 bridgehead atoms. The SMILES string of the molecule is COc1ccc(N2C[C@@H](c3nnc(NC(=O)COc4ccc(C)cc4)o3)CC2=O)cc1. The zero-order valence-corrected chi connectivity index (χ0v) is 17.2. The van der Waals surface area contributed by atoms with Gasteiger partial charge in [0, 0.05) is 18.7 Å². The number of carbonyl (C=O) groups is 2. The van der Waals surface area contributed by atoms with Crippen LogP contribution >= 0.6 is 0 Å². The van der Waals surface area contributed by atoms with E-state index in [1.165, 1.54) is 0 Å². The number of carbonyl (C=O) groups excluding carboxylic acids is 2. The minimum atomic E-state index is -0.418. The van der Waals surface area contributed by atoms with Gasteiger partial charge in [-0.1, -0.05) is 22.8 Å². The number of aromatic nitrogens is 2. The first-order valence-corrected chi connectivity index (χ1v) is 9.79. The lowest BCUT2D eigenvalue weighted by atomic mass is 10.1. The molecule has 0 aliphatic carbocycles. The molecule has 31 heavy (non-hydrogen) atoms. The lowest BCUT2D eigenvalue weighted by Crippen LogP contribution is -2.24.